The second-order valence-electron chi connectivity index (χ2n) is 7.79. The maximum Gasteiger partial charge on any atom is 0.422 e. The number of nitrogens with zero attached hydrogens (tertiary/aromatic N) is 2. The van der Waals surface area contributed by atoms with E-state index in [4.69, 9.17) is 9.47 Å². The Labute approximate surface area is 216 Å². The Kier molecular flexibility index (Phi) is 7.51. The van der Waals surface area contributed by atoms with Crippen LogP contribution in [0.25, 0.3) is 6.08 Å². The van der Waals surface area contributed by atoms with Crippen molar-refractivity contribution < 1.29 is 27.4 Å². The molecule has 0 amide bonds. The molecule has 0 aliphatic carbocycles. The number of halogens is 4. The van der Waals surface area contributed by atoms with E-state index in [0.29, 0.717) is 37.1 Å². The standard InChI is InChI=1S/C25H20BrF3N2O4S/c1-3-17-20(23(33)34-2)21(15-7-5-4-6-8-15)31-22(32)19(36-24(31)30-17)12-14-9-10-18(16(26)11-14)35-13-25(27,28)29/h4-12,21H,3,13H2,1-2H3/b19-12+/t21-/m0/s1. The number of hydrogen-bond donors (Lipinski definition) is 0. The van der Waals surface area contributed by atoms with Crippen molar-refractivity contribution in [3.63, 3.8) is 0 Å². The largest absolute Gasteiger partial charge is 0.483 e. The highest BCUT2D eigenvalue weighted by Gasteiger charge is 2.33. The zero-order valence-electron chi connectivity index (χ0n) is 19.1. The highest BCUT2D eigenvalue weighted by atomic mass is 79.9. The van der Waals surface area contributed by atoms with Crippen molar-refractivity contribution in [1.29, 1.82) is 0 Å². The summed E-state index contributed by atoms with van der Waals surface area (Å²) in [6.07, 6.45) is -2.37. The molecule has 36 heavy (non-hydrogen) atoms. The number of methoxy groups -OCH3 is 1. The van der Waals surface area contributed by atoms with Crippen molar-refractivity contribution in [2.75, 3.05) is 13.7 Å². The maximum absolute atomic E-state index is 13.6. The second kappa shape index (κ2) is 10.4. The third-order valence-corrected chi connectivity index (χ3v) is 7.01. The van der Waals surface area contributed by atoms with Crippen molar-refractivity contribution in [3.8, 4) is 5.75 Å². The minimum atomic E-state index is -4.46. The number of allylic oxidation sites excluding steroid dienone is 1. The molecular formula is C25H20BrF3N2O4S. The van der Waals surface area contributed by atoms with Gasteiger partial charge in [0.1, 0.15) is 5.75 Å². The number of rotatable bonds is 6. The van der Waals surface area contributed by atoms with Gasteiger partial charge in [0.25, 0.3) is 5.56 Å². The number of benzene rings is 2. The number of hydrogen-bond acceptors (Lipinski definition) is 6. The first-order chi connectivity index (χ1) is 17.1. The van der Waals surface area contributed by atoms with Crippen LogP contribution in [0.15, 0.2) is 74.1 Å². The first kappa shape index (κ1) is 25.9. The quantitative estimate of drug-likeness (QED) is 0.402. The number of carbonyl (C=O) groups excluding carboxylic acids is 1. The van der Waals surface area contributed by atoms with Gasteiger partial charge in [-0.1, -0.05) is 54.7 Å². The molecule has 1 aliphatic rings. The van der Waals surface area contributed by atoms with Gasteiger partial charge in [-0.15, -0.1) is 0 Å². The number of alkyl halides is 3. The number of carbonyl (C=O) groups is 1. The van der Waals surface area contributed by atoms with Crippen LogP contribution < -0.4 is 19.6 Å². The molecule has 6 nitrogen and oxygen atoms in total. The Morgan fingerprint density at radius 1 is 1.22 bits per heavy atom. The van der Waals surface area contributed by atoms with Gasteiger partial charge in [0.2, 0.25) is 0 Å². The molecule has 0 N–H and O–H groups in total. The summed E-state index contributed by atoms with van der Waals surface area (Å²) in [5.41, 5.74) is 1.81. The Morgan fingerprint density at radius 2 is 1.94 bits per heavy atom. The second-order valence-corrected chi connectivity index (χ2v) is 9.66. The number of thiazole rings is 1. The van der Waals surface area contributed by atoms with E-state index in [2.05, 4.69) is 20.9 Å². The molecule has 1 aromatic heterocycles. The molecule has 1 atom stereocenters. The monoisotopic (exact) mass is 580 g/mol. The van der Waals surface area contributed by atoms with Crippen molar-refractivity contribution in [1.82, 2.24) is 4.57 Å². The van der Waals surface area contributed by atoms with Crippen LogP contribution >= 0.6 is 27.3 Å². The first-order valence-corrected chi connectivity index (χ1v) is 12.4. The van der Waals surface area contributed by atoms with E-state index >= 15 is 0 Å². The van der Waals surface area contributed by atoms with Gasteiger partial charge >= 0.3 is 12.1 Å². The molecule has 1 aliphatic heterocycles. The molecular weight excluding hydrogens is 561 g/mol. The summed E-state index contributed by atoms with van der Waals surface area (Å²) in [5, 5.41) is 0. The zero-order chi connectivity index (χ0) is 26.0. The molecule has 0 spiro atoms. The summed E-state index contributed by atoms with van der Waals surface area (Å²) in [6, 6.07) is 13.0. The van der Waals surface area contributed by atoms with Crippen LogP contribution in [-0.2, 0) is 9.53 Å². The Bertz CT molecular complexity index is 1510. The van der Waals surface area contributed by atoms with Crippen molar-refractivity contribution >= 4 is 39.3 Å². The average molecular weight is 581 g/mol. The fourth-order valence-corrected chi connectivity index (χ4v) is 5.38. The predicted octanol–water partition coefficient (Wildman–Crippen LogP) is 4.50. The number of aromatic nitrogens is 1. The van der Waals surface area contributed by atoms with E-state index in [1.54, 1.807) is 18.2 Å². The third kappa shape index (κ3) is 5.31. The molecule has 188 valence electrons. The van der Waals surface area contributed by atoms with Gasteiger partial charge in [-0.3, -0.25) is 9.36 Å². The van der Waals surface area contributed by atoms with E-state index in [1.807, 2.05) is 37.3 Å². The van der Waals surface area contributed by atoms with E-state index in [-0.39, 0.29) is 11.3 Å². The lowest BCUT2D eigenvalue weighted by Gasteiger charge is -2.25. The van der Waals surface area contributed by atoms with Crippen LogP contribution in [0.2, 0.25) is 0 Å². The van der Waals surface area contributed by atoms with E-state index in [9.17, 15) is 22.8 Å². The molecule has 0 unspecified atom stereocenters. The molecule has 11 heteroatoms. The van der Waals surface area contributed by atoms with Crippen LogP contribution in [0.4, 0.5) is 13.2 Å². The van der Waals surface area contributed by atoms with Gasteiger partial charge in [-0.25, -0.2) is 9.79 Å². The maximum atomic E-state index is 13.6. The topological polar surface area (TPSA) is 69.9 Å². The van der Waals surface area contributed by atoms with Crippen LogP contribution in [0.5, 0.6) is 5.75 Å². The lowest BCUT2D eigenvalue weighted by atomic mass is 9.95. The van der Waals surface area contributed by atoms with Crippen LogP contribution in [0.3, 0.4) is 0 Å². The summed E-state index contributed by atoms with van der Waals surface area (Å²) in [6.45, 7) is 0.462. The number of fused-ring (bicyclic) bond motifs is 1. The normalized spacial score (nSPS) is 15.9. The fourth-order valence-electron chi connectivity index (χ4n) is 3.85. The fraction of sp³-hybridized carbons (Fsp3) is 0.240. The van der Waals surface area contributed by atoms with Crippen molar-refractivity contribution in [2.45, 2.75) is 25.6 Å². The average Bonchev–Trinajstić information content (AvgIpc) is 3.16. The summed E-state index contributed by atoms with van der Waals surface area (Å²) >= 11 is 4.39. The molecule has 0 saturated heterocycles. The van der Waals surface area contributed by atoms with E-state index in [1.165, 1.54) is 29.1 Å². The van der Waals surface area contributed by atoms with Gasteiger partial charge in [-0.2, -0.15) is 13.2 Å². The molecule has 2 heterocycles. The van der Waals surface area contributed by atoms with E-state index < -0.39 is 24.8 Å². The van der Waals surface area contributed by atoms with E-state index in [0.717, 1.165) is 5.56 Å². The first-order valence-electron chi connectivity index (χ1n) is 10.8. The molecule has 3 aromatic rings. The minimum absolute atomic E-state index is 0.0327. The SMILES string of the molecule is CCC1=C(C(=O)OC)[C@H](c2ccccc2)n2c(s/c(=C/c3ccc(OCC(F)(F)F)c(Br)c3)c2=O)=N1. The predicted molar refractivity (Wildman–Crippen MR) is 133 cm³/mol. The van der Waals surface area contributed by atoms with Gasteiger partial charge in [0.05, 0.1) is 33.4 Å². The smallest absolute Gasteiger partial charge is 0.422 e. The third-order valence-electron chi connectivity index (χ3n) is 5.41. The van der Waals surface area contributed by atoms with Gasteiger partial charge in [-0.05, 0) is 51.7 Å². The Hall–Kier alpha value is -3.18. The Morgan fingerprint density at radius 3 is 2.56 bits per heavy atom. The molecule has 0 radical (unpaired) electrons. The minimum Gasteiger partial charge on any atom is -0.483 e. The van der Waals surface area contributed by atoms with Crippen LogP contribution in [0.1, 0.15) is 30.5 Å². The van der Waals surface area contributed by atoms with Crippen LogP contribution in [0, 0.1) is 0 Å². The summed E-state index contributed by atoms with van der Waals surface area (Å²) < 4.78 is 49.4. The highest BCUT2D eigenvalue weighted by molar-refractivity contribution is 9.10. The van der Waals surface area contributed by atoms with Gasteiger partial charge in [0, 0.05) is 0 Å². The molecule has 0 fully saturated rings. The molecule has 2 aromatic carbocycles. The molecule has 4 rings (SSSR count). The number of ether oxygens (including phenoxy) is 2. The van der Waals surface area contributed by atoms with Gasteiger partial charge < -0.3 is 9.47 Å². The highest BCUT2D eigenvalue weighted by Crippen LogP contribution is 2.32. The summed E-state index contributed by atoms with van der Waals surface area (Å²) in [5.74, 6) is -0.526. The van der Waals surface area contributed by atoms with Crippen LogP contribution in [-0.4, -0.2) is 30.4 Å². The summed E-state index contributed by atoms with van der Waals surface area (Å²) in [4.78, 5) is 31.4. The molecule has 0 bridgehead atoms. The lowest BCUT2D eigenvalue weighted by Crippen LogP contribution is -2.40. The Balaban J connectivity index is 1.83. The van der Waals surface area contributed by atoms with Crippen molar-refractivity contribution in [3.05, 3.63) is 95.1 Å². The van der Waals surface area contributed by atoms with Gasteiger partial charge in [0.15, 0.2) is 11.4 Å². The zero-order valence-corrected chi connectivity index (χ0v) is 21.5. The summed E-state index contributed by atoms with van der Waals surface area (Å²) in [7, 11) is 1.29. The lowest BCUT2D eigenvalue weighted by molar-refractivity contribution is -0.153. The van der Waals surface area contributed by atoms with Crippen molar-refractivity contribution in [2.24, 2.45) is 4.99 Å². The molecule has 0 saturated carbocycles. The number of esters is 1.